The van der Waals surface area contributed by atoms with Gasteiger partial charge in [-0.15, -0.1) is 0 Å². The minimum Gasteiger partial charge on any atom is -0.481 e. The maximum absolute atomic E-state index is 12.8. The van der Waals surface area contributed by atoms with Gasteiger partial charge in [0.05, 0.1) is 5.92 Å². The van der Waals surface area contributed by atoms with Crippen LogP contribution in [-0.2, 0) is 4.79 Å². The van der Waals surface area contributed by atoms with Crippen molar-refractivity contribution in [2.45, 2.75) is 64.5 Å². The lowest BCUT2D eigenvalue weighted by molar-refractivity contribution is -0.142. The van der Waals surface area contributed by atoms with E-state index in [1.165, 1.54) is 0 Å². The van der Waals surface area contributed by atoms with Crippen LogP contribution >= 0.6 is 0 Å². The number of hydrogen-bond donors (Lipinski definition) is 1. The molecule has 0 aromatic carbocycles. The topological polar surface area (TPSA) is 60.9 Å². The lowest BCUT2D eigenvalue weighted by Gasteiger charge is -2.41. The van der Waals surface area contributed by atoms with E-state index >= 15 is 0 Å². The molecule has 0 aliphatic carbocycles. The second kappa shape index (κ2) is 5.18. The molecule has 3 aliphatic rings. The van der Waals surface area contributed by atoms with Gasteiger partial charge in [-0.2, -0.15) is 0 Å². The summed E-state index contributed by atoms with van der Waals surface area (Å²) < 4.78 is 0. The molecule has 1 N–H and O–H groups in total. The molecule has 5 heteroatoms. The molecule has 0 radical (unpaired) electrons. The van der Waals surface area contributed by atoms with E-state index in [4.69, 9.17) is 0 Å². The molecular formula is C16H26N2O3. The van der Waals surface area contributed by atoms with Crippen molar-refractivity contribution in [2.24, 2.45) is 11.3 Å². The standard InChI is InChI=1S/C16H26N2O3/c1-3-16(2)6-8-17(9-7-16)15(21)18-11-4-5-13(18)12(10-11)14(19)20/h11-13H,3-10H2,1-2H3,(H,19,20). The van der Waals surface area contributed by atoms with Gasteiger partial charge in [-0.3, -0.25) is 4.79 Å². The maximum atomic E-state index is 12.8. The van der Waals surface area contributed by atoms with E-state index < -0.39 is 5.97 Å². The number of nitrogens with zero attached hydrogens (tertiary/aromatic N) is 2. The van der Waals surface area contributed by atoms with Crippen LogP contribution in [-0.4, -0.2) is 52.1 Å². The Bertz CT molecular complexity index is 443. The second-order valence-electron chi connectivity index (χ2n) is 7.32. The van der Waals surface area contributed by atoms with Gasteiger partial charge in [-0.05, 0) is 37.5 Å². The molecule has 5 nitrogen and oxygen atoms in total. The number of aliphatic carboxylic acids is 1. The Morgan fingerprint density at radius 3 is 2.43 bits per heavy atom. The maximum Gasteiger partial charge on any atom is 0.320 e. The van der Waals surface area contributed by atoms with Crippen molar-refractivity contribution in [3.05, 3.63) is 0 Å². The van der Waals surface area contributed by atoms with Crippen molar-refractivity contribution in [1.29, 1.82) is 0 Å². The highest BCUT2D eigenvalue weighted by Crippen LogP contribution is 2.43. The summed E-state index contributed by atoms with van der Waals surface area (Å²) in [4.78, 5) is 27.9. The van der Waals surface area contributed by atoms with Crippen LogP contribution in [0.25, 0.3) is 0 Å². The zero-order valence-electron chi connectivity index (χ0n) is 13.0. The first-order chi connectivity index (χ1) is 9.95. The van der Waals surface area contributed by atoms with Crippen LogP contribution in [0, 0.1) is 11.3 Å². The zero-order chi connectivity index (χ0) is 15.2. The number of carboxylic acid groups (broad SMARTS) is 1. The Labute approximate surface area is 126 Å². The molecule has 3 aliphatic heterocycles. The average molecular weight is 294 g/mol. The first-order valence-electron chi connectivity index (χ1n) is 8.25. The van der Waals surface area contributed by atoms with Crippen molar-refractivity contribution in [2.75, 3.05) is 13.1 Å². The largest absolute Gasteiger partial charge is 0.481 e. The number of carboxylic acids is 1. The molecule has 118 valence electrons. The van der Waals surface area contributed by atoms with E-state index in [0.29, 0.717) is 11.8 Å². The number of carbonyl (C=O) groups excluding carboxylic acids is 1. The minimum absolute atomic E-state index is 0.0699. The molecule has 3 heterocycles. The molecular weight excluding hydrogens is 268 g/mol. The summed E-state index contributed by atoms with van der Waals surface area (Å²) in [5.74, 6) is -1.09. The Hall–Kier alpha value is -1.26. The number of fused-ring (bicyclic) bond motifs is 2. The van der Waals surface area contributed by atoms with Crippen LogP contribution in [0.1, 0.15) is 52.4 Å². The fraction of sp³-hybridized carbons (Fsp3) is 0.875. The predicted octanol–water partition coefficient (Wildman–Crippen LogP) is 2.56. The highest BCUT2D eigenvalue weighted by Gasteiger charge is 2.52. The number of carbonyl (C=O) groups is 2. The molecule has 2 amide bonds. The van der Waals surface area contributed by atoms with Gasteiger partial charge < -0.3 is 14.9 Å². The molecule has 21 heavy (non-hydrogen) atoms. The van der Waals surface area contributed by atoms with Crippen LogP contribution < -0.4 is 0 Å². The molecule has 3 rings (SSSR count). The summed E-state index contributed by atoms with van der Waals surface area (Å²) in [6.45, 7) is 6.15. The van der Waals surface area contributed by atoms with E-state index in [9.17, 15) is 14.7 Å². The number of piperidine rings is 1. The van der Waals surface area contributed by atoms with E-state index in [0.717, 1.165) is 45.2 Å². The van der Waals surface area contributed by atoms with E-state index in [1.807, 2.05) is 9.80 Å². The Balaban J connectivity index is 1.66. The molecule has 0 aromatic heterocycles. The SMILES string of the molecule is CCC1(C)CCN(C(=O)N2C3CCC2C(C(=O)O)C3)CC1. The van der Waals surface area contributed by atoms with Crippen molar-refractivity contribution < 1.29 is 14.7 Å². The number of urea groups is 1. The number of rotatable bonds is 2. The zero-order valence-corrected chi connectivity index (χ0v) is 13.0. The van der Waals surface area contributed by atoms with E-state index in [1.54, 1.807) is 0 Å². The Morgan fingerprint density at radius 2 is 1.90 bits per heavy atom. The molecule has 0 aromatic rings. The summed E-state index contributed by atoms with van der Waals surface area (Å²) in [5, 5.41) is 9.29. The normalized spacial score (nSPS) is 34.3. The monoisotopic (exact) mass is 294 g/mol. The molecule has 3 fully saturated rings. The third-order valence-electron chi connectivity index (χ3n) is 6.17. The second-order valence-corrected chi connectivity index (χ2v) is 7.32. The summed E-state index contributed by atoms with van der Waals surface area (Å²) in [7, 11) is 0. The Morgan fingerprint density at radius 1 is 1.24 bits per heavy atom. The Kier molecular flexibility index (Phi) is 3.62. The van der Waals surface area contributed by atoms with Crippen LogP contribution in [0.3, 0.4) is 0 Å². The van der Waals surface area contributed by atoms with Gasteiger partial charge in [0, 0.05) is 25.2 Å². The highest BCUT2D eigenvalue weighted by atomic mass is 16.4. The lowest BCUT2D eigenvalue weighted by Crippen LogP contribution is -2.50. The van der Waals surface area contributed by atoms with Crippen LogP contribution in [0.2, 0.25) is 0 Å². The first kappa shape index (κ1) is 14.7. The van der Waals surface area contributed by atoms with Gasteiger partial charge in [0.15, 0.2) is 0 Å². The van der Waals surface area contributed by atoms with Crippen molar-refractivity contribution in [3.8, 4) is 0 Å². The van der Waals surface area contributed by atoms with Gasteiger partial charge in [0.25, 0.3) is 0 Å². The van der Waals surface area contributed by atoms with Gasteiger partial charge >= 0.3 is 12.0 Å². The number of amides is 2. The predicted molar refractivity (Wildman–Crippen MR) is 79.0 cm³/mol. The smallest absolute Gasteiger partial charge is 0.320 e. The highest BCUT2D eigenvalue weighted by molar-refractivity contribution is 5.79. The quantitative estimate of drug-likeness (QED) is 0.851. The van der Waals surface area contributed by atoms with E-state index in [2.05, 4.69) is 13.8 Å². The summed E-state index contributed by atoms with van der Waals surface area (Å²) in [6, 6.07) is 0.173. The fourth-order valence-electron chi connectivity index (χ4n) is 4.31. The lowest BCUT2D eigenvalue weighted by atomic mass is 9.78. The first-order valence-corrected chi connectivity index (χ1v) is 8.25. The van der Waals surface area contributed by atoms with Gasteiger partial charge in [-0.25, -0.2) is 4.79 Å². The molecule has 3 saturated heterocycles. The van der Waals surface area contributed by atoms with E-state index in [-0.39, 0.29) is 24.0 Å². The third-order valence-corrected chi connectivity index (χ3v) is 6.17. The van der Waals surface area contributed by atoms with Crippen LogP contribution in [0.15, 0.2) is 0 Å². The minimum atomic E-state index is -0.739. The van der Waals surface area contributed by atoms with Crippen LogP contribution in [0.4, 0.5) is 4.79 Å². The van der Waals surface area contributed by atoms with Crippen molar-refractivity contribution in [1.82, 2.24) is 9.80 Å². The molecule has 2 bridgehead atoms. The summed E-state index contributed by atoms with van der Waals surface area (Å²) in [5.41, 5.74) is 0.365. The molecule has 0 saturated carbocycles. The van der Waals surface area contributed by atoms with Gasteiger partial charge in [0.2, 0.25) is 0 Å². The average Bonchev–Trinajstić information content (AvgIpc) is 3.05. The van der Waals surface area contributed by atoms with Gasteiger partial charge in [0.1, 0.15) is 0 Å². The van der Waals surface area contributed by atoms with Gasteiger partial charge in [-0.1, -0.05) is 20.3 Å². The molecule has 3 atom stereocenters. The fourth-order valence-corrected chi connectivity index (χ4v) is 4.31. The molecule has 0 spiro atoms. The van der Waals surface area contributed by atoms with Crippen molar-refractivity contribution >= 4 is 12.0 Å². The summed E-state index contributed by atoms with van der Waals surface area (Å²) in [6.07, 6.45) is 5.74. The summed E-state index contributed by atoms with van der Waals surface area (Å²) >= 11 is 0. The number of likely N-dealkylation sites (tertiary alicyclic amines) is 1. The van der Waals surface area contributed by atoms with Crippen molar-refractivity contribution in [3.63, 3.8) is 0 Å². The third kappa shape index (κ3) is 2.40. The van der Waals surface area contributed by atoms with Crippen LogP contribution in [0.5, 0.6) is 0 Å². The number of hydrogen-bond acceptors (Lipinski definition) is 2. The molecule has 3 unspecified atom stereocenters.